The van der Waals surface area contributed by atoms with Crippen LogP contribution in [0.25, 0.3) is 0 Å². The summed E-state index contributed by atoms with van der Waals surface area (Å²) in [5, 5.41) is 11.1. The topological polar surface area (TPSA) is 98.5 Å². The zero-order chi connectivity index (χ0) is 18.8. The maximum absolute atomic E-state index is 11.6. The third-order valence-corrected chi connectivity index (χ3v) is 5.30. The molecule has 1 saturated carbocycles. The van der Waals surface area contributed by atoms with Crippen LogP contribution in [0.5, 0.6) is 5.75 Å². The number of rotatable bonds is 6. The van der Waals surface area contributed by atoms with Gasteiger partial charge in [0.1, 0.15) is 6.10 Å². The second kappa shape index (κ2) is 7.59. The van der Waals surface area contributed by atoms with Gasteiger partial charge < -0.3 is 4.74 Å². The van der Waals surface area contributed by atoms with Crippen LogP contribution in [0, 0.1) is 27.9 Å². The largest absolute Gasteiger partial charge is 0.488 e. The molecular weight excluding hydrogens is 344 g/mol. The van der Waals surface area contributed by atoms with E-state index in [2.05, 4.69) is 25.5 Å². The van der Waals surface area contributed by atoms with E-state index in [1.807, 2.05) is 0 Å². The number of nitro groups is 1. The summed E-state index contributed by atoms with van der Waals surface area (Å²) in [5.41, 5.74) is 0.104. The Hall–Kier alpha value is -1.83. The molecule has 0 saturated heterocycles. The van der Waals surface area contributed by atoms with Crippen LogP contribution >= 0.6 is 0 Å². The van der Waals surface area contributed by atoms with Gasteiger partial charge in [-0.05, 0) is 36.7 Å². The lowest BCUT2D eigenvalue weighted by Crippen LogP contribution is -2.36. The minimum Gasteiger partial charge on any atom is -0.488 e. The van der Waals surface area contributed by atoms with E-state index in [0.29, 0.717) is 17.8 Å². The average Bonchev–Trinajstić information content (AvgIpc) is 2.47. The first-order valence-corrected chi connectivity index (χ1v) is 10.4. The van der Waals surface area contributed by atoms with Gasteiger partial charge in [-0.3, -0.25) is 14.8 Å². The smallest absolute Gasteiger partial charge is 0.273 e. The quantitative estimate of drug-likeness (QED) is 0.606. The highest BCUT2D eigenvalue weighted by Gasteiger charge is 2.33. The number of nitrogens with zero attached hydrogens (tertiary/aromatic N) is 1. The second-order valence-electron chi connectivity index (χ2n) is 7.29. The molecule has 0 unspecified atom stereocenters. The van der Waals surface area contributed by atoms with Crippen LogP contribution in [0.4, 0.5) is 11.4 Å². The monoisotopic (exact) mass is 370 g/mol. The molecule has 1 N–H and O–H groups in total. The highest BCUT2D eigenvalue weighted by atomic mass is 32.2. The van der Waals surface area contributed by atoms with Crippen molar-refractivity contribution >= 4 is 21.4 Å². The molecule has 140 valence electrons. The Labute approximate surface area is 149 Å². The lowest BCUT2D eigenvalue weighted by molar-refractivity contribution is -0.384. The van der Waals surface area contributed by atoms with E-state index in [1.54, 1.807) is 0 Å². The van der Waals surface area contributed by atoms with Crippen molar-refractivity contribution in [3.63, 3.8) is 0 Å². The summed E-state index contributed by atoms with van der Waals surface area (Å²) < 4.78 is 31.7. The van der Waals surface area contributed by atoms with E-state index < -0.39 is 14.9 Å². The zero-order valence-electron chi connectivity index (χ0n) is 15.1. The van der Waals surface area contributed by atoms with E-state index in [1.165, 1.54) is 18.2 Å². The first-order valence-electron chi connectivity index (χ1n) is 8.49. The molecule has 0 aliphatic heterocycles. The molecule has 3 atom stereocenters. The van der Waals surface area contributed by atoms with Gasteiger partial charge in [-0.25, -0.2) is 8.42 Å². The summed E-state index contributed by atoms with van der Waals surface area (Å²) in [4.78, 5) is 10.6. The van der Waals surface area contributed by atoms with E-state index >= 15 is 0 Å². The van der Waals surface area contributed by atoms with E-state index in [4.69, 9.17) is 4.74 Å². The third-order valence-electron chi connectivity index (χ3n) is 4.71. The van der Waals surface area contributed by atoms with E-state index in [0.717, 1.165) is 25.5 Å². The number of nitro benzene ring substituents is 1. The SMILES string of the molecule is CC(C)[C@H]1CC[C@H](C)C[C@@H]1Oc1cc([N+](=O)[O-])ccc1NS(C)(=O)=O. The molecule has 7 nitrogen and oxygen atoms in total. The summed E-state index contributed by atoms with van der Waals surface area (Å²) in [5.74, 6) is 1.47. The first kappa shape index (κ1) is 19.5. The fourth-order valence-electron chi connectivity index (χ4n) is 3.42. The van der Waals surface area contributed by atoms with Crippen molar-refractivity contribution in [2.45, 2.75) is 46.1 Å². The molecular formula is C17H26N2O5S. The molecule has 0 bridgehead atoms. The van der Waals surface area contributed by atoms with Gasteiger partial charge in [-0.1, -0.05) is 27.2 Å². The molecule has 1 aromatic carbocycles. The molecule has 0 amide bonds. The number of sulfonamides is 1. The fourth-order valence-corrected chi connectivity index (χ4v) is 3.99. The van der Waals surface area contributed by atoms with Crippen molar-refractivity contribution in [2.24, 2.45) is 17.8 Å². The number of hydrogen-bond acceptors (Lipinski definition) is 5. The number of hydrogen-bond donors (Lipinski definition) is 1. The Kier molecular flexibility index (Phi) is 5.92. The number of ether oxygens (including phenoxy) is 1. The van der Waals surface area contributed by atoms with Crippen LogP contribution in [-0.4, -0.2) is 25.7 Å². The van der Waals surface area contributed by atoms with Gasteiger partial charge in [0.2, 0.25) is 10.0 Å². The van der Waals surface area contributed by atoms with Gasteiger partial charge in [0, 0.05) is 6.07 Å². The number of benzene rings is 1. The molecule has 1 aromatic rings. The van der Waals surface area contributed by atoms with Crippen molar-refractivity contribution in [1.29, 1.82) is 0 Å². The van der Waals surface area contributed by atoms with Crippen LogP contribution in [0.15, 0.2) is 18.2 Å². The number of nitrogens with one attached hydrogen (secondary N) is 1. The number of non-ortho nitro benzene ring substituents is 1. The standard InChI is InChI=1S/C17H26N2O5S/c1-11(2)14-7-5-12(3)9-16(14)24-17-10-13(19(20)21)6-8-15(17)18-25(4,22)23/h6,8,10-12,14,16,18H,5,7,9H2,1-4H3/t12-,14+,16-/m0/s1. The normalized spacial score (nSPS) is 24.1. The summed E-state index contributed by atoms with van der Waals surface area (Å²) in [6.07, 6.45) is 3.96. The van der Waals surface area contributed by atoms with Crippen molar-refractivity contribution in [2.75, 3.05) is 11.0 Å². The number of anilines is 1. The Balaban J connectivity index is 2.36. The van der Waals surface area contributed by atoms with Crippen molar-refractivity contribution in [3.05, 3.63) is 28.3 Å². The van der Waals surface area contributed by atoms with Gasteiger partial charge in [-0.15, -0.1) is 0 Å². The average molecular weight is 370 g/mol. The molecule has 1 aliphatic rings. The maximum atomic E-state index is 11.6. The van der Waals surface area contributed by atoms with Crippen LogP contribution < -0.4 is 9.46 Å². The minimum absolute atomic E-state index is 0.0918. The predicted octanol–water partition coefficient (Wildman–Crippen LogP) is 3.81. The molecule has 2 rings (SSSR count). The van der Waals surface area contributed by atoms with Crippen LogP contribution in [0.3, 0.4) is 0 Å². The Bertz CT molecular complexity index is 733. The van der Waals surface area contributed by atoms with Gasteiger partial charge in [0.15, 0.2) is 5.75 Å². The lowest BCUT2D eigenvalue weighted by atomic mass is 9.75. The van der Waals surface area contributed by atoms with Gasteiger partial charge in [0.25, 0.3) is 5.69 Å². The molecule has 1 aliphatic carbocycles. The molecule has 0 heterocycles. The molecule has 0 spiro atoms. The molecule has 0 aromatic heterocycles. The van der Waals surface area contributed by atoms with E-state index in [-0.39, 0.29) is 23.2 Å². The molecule has 25 heavy (non-hydrogen) atoms. The Morgan fingerprint density at radius 2 is 2.00 bits per heavy atom. The van der Waals surface area contributed by atoms with Crippen molar-refractivity contribution in [1.82, 2.24) is 0 Å². The molecule has 1 fully saturated rings. The fraction of sp³-hybridized carbons (Fsp3) is 0.647. The highest BCUT2D eigenvalue weighted by molar-refractivity contribution is 7.92. The minimum atomic E-state index is -3.51. The Morgan fingerprint density at radius 1 is 1.32 bits per heavy atom. The summed E-state index contributed by atoms with van der Waals surface area (Å²) in [7, 11) is -3.51. The van der Waals surface area contributed by atoms with Crippen LogP contribution in [0.1, 0.15) is 40.0 Å². The summed E-state index contributed by atoms with van der Waals surface area (Å²) >= 11 is 0. The van der Waals surface area contributed by atoms with E-state index in [9.17, 15) is 18.5 Å². The predicted molar refractivity (Wildman–Crippen MR) is 97.3 cm³/mol. The first-order chi connectivity index (χ1) is 11.6. The van der Waals surface area contributed by atoms with Crippen molar-refractivity contribution in [3.8, 4) is 5.75 Å². The van der Waals surface area contributed by atoms with Crippen LogP contribution in [0.2, 0.25) is 0 Å². The maximum Gasteiger partial charge on any atom is 0.273 e. The second-order valence-corrected chi connectivity index (χ2v) is 9.04. The summed E-state index contributed by atoms with van der Waals surface area (Å²) in [6, 6.07) is 3.94. The zero-order valence-corrected chi connectivity index (χ0v) is 15.9. The Morgan fingerprint density at radius 3 is 2.56 bits per heavy atom. The summed E-state index contributed by atoms with van der Waals surface area (Å²) in [6.45, 7) is 6.44. The van der Waals surface area contributed by atoms with Crippen LogP contribution in [-0.2, 0) is 10.0 Å². The van der Waals surface area contributed by atoms with Gasteiger partial charge in [0.05, 0.1) is 22.9 Å². The molecule has 0 radical (unpaired) electrons. The molecule has 8 heteroatoms. The van der Waals surface area contributed by atoms with Gasteiger partial charge >= 0.3 is 0 Å². The van der Waals surface area contributed by atoms with Crippen molar-refractivity contribution < 1.29 is 18.1 Å². The highest BCUT2D eigenvalue weighted by Crippen LogP contribution is 2.39. The van der Waals surface area contributed by atoms with Gasteiger partial charge in [-0.2, -0.15) is 0 Å². The lowest BCUT2D eigenvalue weighted by Gasteiger charge is -2.37. The third kappa shape index (κ3) is 5.32.